The van der Waals surface area contributed by atoms with Gasteiger partial charge in [0.15, 0.2) is 11.6 Å². The van der Waals surface area contributed by atoms with Crippen LogP contribution in [0.2, 0.25) is 24.9 Å². The lowest BCUT2D eigenvalue weighted by Gasteiger charge is -2.17. The Hall–Kier alpha value is -2.50. The van der Waals surface area contributed by atoms with Crippen molar-refractivity contribution in [3.63, 3.8) is 0 Å². The Balaban J connectivity index is 1.87. The van der Waals surface area contributed by atoms with Crippen LogP contribution >= 0.6 is 11.6 Å². The van der Waals surface area contributed by atoms with Gasteiger partial charge in [-0.2, -0.15) is 9.97 Å². The number of rotatable bonds is 3. The number of aromatic nitrogens is 3. The summed E-state index contributed by atoms with van der Waals surface area (Å²) in [6, 6.07) is 16.2. The van der Waals surface area contributed by atoms with Crippen molar-refractivity contribution in [2.45, 2.75) is 19.6 Å². The van der Waals surface area contributed by atoms with E-state index in [4.69, 9.17) is 16.0 Å². The first-order chi connectivity index (χ1) is 12.4. The van der Waals surface area contributed by atoms with E-state index in [1.165, 1.54) is 5.19 Å². The van der Waals surface area contributed by atoms with Crippen LogP contribution in [-0.2, 0) is 0 Å². The standard InChI is InChI=1S/C20H18ClN3OSi/c1-26(2,3)15-8-4-7-14(12-15)18-22-19(24-20(21)23-18)16-9-5-6-13-10-11-25-17(13)16/h4-12H,1-3H3. The highest BCUT2D eigenvalue weighted by molar-refractivity contribution is 6.88. The monoisotopic (exact) mass is 379 g/mol. The van der Waals surface area contributed by atoms with Gasteiger partial charge in [-0.25, -0.2) is 4.98 Å². The summed E-state index contributed by atoms with van der Waals surface area (Å²) in [5.74, 6) is 1.09. The van der Waals surface area contributed by atoms with Crippen molar-refractivity contribution in [3.05, 3.63) is 60.1 Å². The van der Waals surface area contributed by atoms with Gasteiger partial charge in [0.05, 0.1) is 19.9 Å². The van der Waals surface area contributed by atoms with Gasteiger partial charge < -0.3 is 4.42 Å². The average molecular weight is 380 g/mol. The molecule has 0 N–H and O–H groups in total. The number of fused-ring (bicyclic) bond motifs is 1. The molecule has 2 aromatic carbocycles. The maximum absolute atomic E-state index is 6.22. The third-order valence-corrected chi connectivity index (χ3v) is 6.53. The number of furan rings is 1. The van der Waals surface area contributed by atoms with Crippen molar-refractivity contribution in [2.75, 3.05) is 0 Å². The van der Waals surface area contributed by atoms with E-state index in [9.17, 15) is 0 Å². The van der Waals surface area contributed by atoms with E-state index < -0.39 is 8.07 Å². The Morgan fingerprint density at radius 3 is 2.46 bits per heavy atom. The lowest BCUT2D eigenvalue weighted by Crippen LogP contribution is -2.37. The lowest BCUT2D eigenvalue weighted by atomic mass is 10.1. The predicted molar refractivity (Wildman–Crippen MR) is 108 cm³/mol. The van der Waals surface area contributed by atoms with Crippen molar-refractivity contribution >= 4 is 35.8 Å². The van der Waals surface area contributed by atoms with Crippen LogP contribution in [0.5, 0.6) is 0 Å². The third-order valence-electron chi connectivity index (χ3n) is 4.31. The Kier molecular flexibility index (Phi) is 4.13. The van der Waals surface area contributed by atoms with Gasteiger partial charge in [-0.3, -0.25) is 0 Å². The van der Waals surface area contributed by atoms with E-state index in [0.717, 1.165) is 22.1 Å². The molecular formula is C20H18ClN3OSi. The molecule has 2 heterocycles. The van der Waals surface area contributed by atoms with E-state index in [1.54, 1.807) is 6.26 Å². The summed E-state index contributed by atoms with van der Waals surface area (Å²) in [5, 5.41) is 2.52. The average Bonchev–Trinajstić information content (AvgIpc) is 3.09. The maximum atomic E-state index is 6.22. The minimum Gasteiger partial charge on any atom is -0.464 e. The molecule has 0 saturated carbocycles. The van der Waals surface area contributed by atoms with Crippen molar-refractivity contribution in [1.82, 2.24) is 15.0 Å². The summed E-state index contributed by atoms with van der Waals surface area (Å²) in [4.78, 5) is 13.3. The maximum Gasteiger partial charge on any atom is 0.226 e. The molecule has 0 unspecified atom stereocenters. The van der Waals surface area contributed by atoms with Crippen molar-refractivity contribution in [1.29, 1.82) is 0 Å². The number of hydrogen-bond acceptors (Lipinski definition) is 4. The smallest absolute Gasteiger partial charge is 0.226 e. The fourth-order valence-corrected chi connectivity index (χ4v) is 4.24. The van der Waals surface area contributed by atoms with Crippen LogP contribution in [0.15, 0.2) is 59.2 Å². The molecule has 6 heteroatoms. The molecule has 4 rings (SSSR count). The minimum absolute atomic E-state index is 0.173. The topological polar surface area (TPSA) is 51.8 Å². The first kappa shape index (κ1) is 16.9. The fourth-order valence-electron chi connectivity index (χ4n) is 2.89. The van der Waals surface area contributed by atoms with E-state index in [-0.39, 0.29) is 5.28 Å². The largest absolute Gasteiger partial charge is 0.464 e. The quantitative estimate of drug-likeness (QED) is 0.462. The number of para-hydroxylation sites is 1. The summed E-state index contributed by atoms with van der Waals surface area (Å²) in [6.45, 7) is 6.95. The molecule has 0 saturated heterocycles. The highest BCUT2D eigenvalue weighted by Crippen LogP contribution is 2.29. The first-order valence-corrected chi connectivity index (χ1v) is 12.3. The summed E-state index contributed by atoms with van der Waals surface area (Å²) in [5.41, 5.74) is 2.50. The summed E-state index contributed by atoms with van der Waals surface area (Å²) < 4.78 is 5.61. The summed E-state index contributed by atoms with van der Waals surface area (Å²) in [7, 11) is -1.44. The molecule has 0 aliphatic rings. The molecule has 0 aliphatic carbocycles. The van der Waals surface area contributed by atoms with Crippen LogP contribution < -0.4 is 5.19 Å². The zero-order valence-corrected chi connectivity index (χ0v) is 16.6. The first-order valence-electron chi connectivity index (χ1n) is 8.41. The zero-order valence-electron chi connectivity index (χ0n) is 14.8. The lowest BCUT2D eigenvalue weighted by molar-refractivity contribution is 0.616. The SMILES string of the molecule is C[Si](C)(C)c1cccc(-c2nc(Cl)nc(-c3cccc4ccoc34)n2)c1. The second-order valence-corrected chi connectivity index (χ2v) is 12.6. The second-order valence-electron chi connectivity index (χ2n) is 7.23. The Morgan fingerprint density at radius 2 is 1.65 bits per heavy atom. The zero-order chi connectivity index (χ0) is 18.3. The fraction of sp³-hybridized carbons (Fsp3) is 0.150. The second kappa shape index (κ2) is 6.34. The van der Waals surface area contributed by atoms with Gasteiger partial charge in [-0.05, 0) is 23.7 Å². The van der Waals surface area contributed by atoms with E-state index >= 15 is 0 Å². The predicted octanol–water partition coefficient (Wildman–Crippen LogP) is 5.15. The molecule has 0 bridgehead atoms. The van der Waals surface area contributed by atoms with E-state index in [2.05, 4.69) is 46.7 Å². The summed E-state index contributed by atoms with van der Waals surface area (Å²) >= 11 is 6.22. The molecule has 26 heavy (non-hydrogen) atoms. The molecule has 0 spiro atoms. The summed E-state index contributed by atoms with van der Waals surface area (Å²) in [6.07, 6.45) is 1.66. The van der Waals surface area contributed by atoms with E-state index in [1.807, 2.05) is 36.4 Å². The number of benzene rings is 2. The Morgan fingerprint density at radius 1 is 0.885 bits per heavy atom. The van der Waals surface area contributed by atoms with Gasteiger partial charge in [-0.1, -0.05) is 61.2 Å². The van der Waals surface area contributed by atoms with E-state index in [0.29, 0.717) is 11.6 Å². The van der Waals surface area contributed by atoms with Crippen molar-refractivity contribution in [2.24, 2.45) is 0 Å². The molecular weight excluding hydrogens is 362 g/mol. The molecule has 4 aromatic rings. The molecule has 4 nitrogen and oxygen atoms in total. The van der Waals surface area contributed by atoms with Gasteiger partial charge in [0.1, 0.15) is 5.58 Å². The van der Waals surface area contributed by atoms with Gasteiger partial charge >= 0.3 is 0 Å². The number of halogens is 1. The van der Waals surface area contributed by atoms with Crippen LogP contribution in [0, 0.1) is 0 Å². The van der Waals surface area contributed by atoms with Crippen LogP contribution in [0.4, 0.5) is 0 Å². The van der Waals surface area contributed by atoms with Crippen LogP contribution in [0.3, 0.4) is 0 Å². The highest BCUT2D eigenvalue weighted by atomic mass is 35.5. The molecule has 2 aromatic heterocycles. The molecule has 0 fully saturated rings. The van der Waals surface area contributed by atoms with Crippen LogP contribution in [0.1, 0.15) is 0 Å². The van der Waals surface area contributed by atoms with Gasteiger partial charge in [0.25, 0.3) is 0 Å². The molecule has 0 aliphatic heterocycles. The van der Waals surface area contributed by atoms with Crippen LogP contribution in [0.25, 0.3) is 33.7 Å². The molecule has 130 valence electrons. The van der Waals surface area contributed by atoms with Crippen LogP contribution in [-0.4, -0.2) is 23.0 Å². The van der Waals surface area contributed by atoms with Gasteiger partial charge in [-0.15, -0.1) is 0 Å². The Labute approximate surface area is 157 Å². The molecule has 0 amide bonds. The third kappa shape index (κ3) is 3.16. The van der Waals surface area contributed by atoms with Crippen molar-refractivity contribution in [3.8, 4) is 22.8 Å². The normalized spacial score (nSPS) is 11.8. The van der Waals surface area contributed by atoms with Crippen molar-refractivity contribution < 1.29 is 4.42 Å². The van der Waals surface area contributed by atoms with Gasteiger partial charge in [0.2, 0.25) is 5.28 Å². The molecule has 0 radical (unpaired) electrons. The number of hydrogen-bond donors (Lipinski definition) is 0. The number of nitrogens with zero attached hydrogens (tertiary/aromatic N) is 3. The highest BCUT2D eigenvalue weighted by Gasteiger charge is 2.18. The van der Waals surface area contributed by atoms with Gasteiger partial charge in [0, 0.05) is 10.9 Å². The Bertz CT molecular complexity index is 1100. The minimum atomic E-state index is -1.44. The molecule has 0 atom stereocenters.